The first-order valence-electron chi connectivity index (χ1n) is 10.0. The first kappa shape index (κ1) is 25.5. The number of thioether (sulfide) groups is 1. The second-order valence-corrected chi connectivity index (χ2v) is 7.84. The number of carbonyl (C=O) groups is 3. The highest BCUT2D eigenvalue weighted by molar-refractivity contribution is 8.18. The van der Waals surface area contributed by atoms with E-state index in [1.54, 1.807) is 38.1 Å². The van der Waals surface area contributed by atoms with Gasteiger partial charge in [0.25, 0.3) is 0 Å². The fourth-order valence-electron chi connectivity index (χ4n) is 2.59. The molecule has 0 aliphatic carbocycles. The topological polar surface area (TPSA) is 111 Å². The van der Waals surface area contributed by atoms with Gasteiger partial charge in [-0.25, -0.2) is 14.6 Å². The number of aliphatic hydroxyl groups excluding tert-OH is 1. The molecular formula is C22H24ClNO7S. The summed E-state index contributed by atoms with van der Waals surface area (Å²) in [4.78, 5) is 40.0. The molecular weight excluding hydrogens is 458 g/mol. The predicted octanol–water partition coefficient (Wildman–Crippen LogP) is 4.47. The third kappa shape index (κ3) is 6.86. The average Bonchev–Trinajstić information content (AvgIpc) is 3.02. The Morgan fingerprint density at radius 3 is 2.50 bits per heavy atom. The van der Waals surface area contributed by atoms with E-state index < -0.39 is 17.8 Å². The monoisotopic (exact) mass is 481 g/mol. The summed E-state index contributed by atoms with van der Waals surface area (Å²) in [5, 5.41) is 11.0. The van der Waals surface area contributed by atoms with Gasteiger partial charge in [0, 0.05) is 6.42 Å². The van der Waals surface area contributed by atoms with Crippen LogP contribution < -0.4 is 4.74 Å². The minimum Gasteiger partial charge on any atom is -0.506 e. The van der Waals surface area contributed by atoms with E-state index in [9.17, 15) is 19.5 Å². The maximum atomic E-state index is 12.3. The molecule has 1 amide bonds. The Hall–Kier alpha value is -2.78. The van der Waals surface area contributed by atoms with Crippen LogP contribution in [0.15, 0.2) is 39.4 Å². The number of carbonyl (C=O) groups excluding carboxylic acids is 3. The average molecular weight is 482 g/mol. The van der Waals surface area contributed by atoms with Gasteiger partial charge < -0.3 is 19.3 Å². The lowest BCUT2D eigenvalue weighted by atomic mass is 10.1. The first-order chi connectivity index (χ1) is 15.3. The molecule has 1 aromatic rings. The Bertz CT molecular complexity index is 984. The van der Waals surface area contributed by atoms with E-state index in [0.29, 0.717) is 22.6 Å². The molecule has 2 rings (SSSR count). The van der Waals surface area contributed by atoms with Crippen molar-refractivity contribution in [2.45, 2.75) is 33.6 Å². The molecule has 0 fully saturated rings. The summed E-state index contributed by atoms with van der Waals surface area (Å²) in [5.74, 6) is -1.69. The number of aliphatic imine (C=N–C) groups is 1. The van der Waals surface area contributed by atoms with Crippen molar-refractivity contribution in [3.63, 3.8) is 0 Å². The Kier molecular flexibility index (Phi) is 9.80. The number of benzene rings is 1. The lowest BCUT2D eigenvalue weighted by Crippen LogP contribution is -2.14. The lowest BCUT2D eigenvalue weighted by Gasteiger charge is -2.08. The Balaban J connectivity index is 2.30. The number of amides is 1. The zero-order valence-electron chi connectivity index (χ0n) is 18.0. The second-order valence-electron chi connectivity index (χ2n) is 6.40. The van der Waals surface area contributed by atoms with Crippen molar-refractivity contribution < 1.29 is 33.7 Å². The van der Waals surface area contributed by atoms with Crippen LogP contribution in [-0.4, -0.2) is 47.8 Å². The van der Waals surface area contributed by atoms with Gasteiger partial charge in [-0.3, -0.25) is 4.79 Å². The number of hydrogen-bond donors (Lipinski definition) is 1. The van der Waals surface area contributed by atoms with Crippen LogP contribution in [0.1, 0.15) is 39.2 Å². The summed E-state index contributed by atoms with van der Waals surface area (Å²) in [6.45, 7) is 5.26. The van der Waals surface area contributed by atoms with Gasteiger partial charge >= 0.3 is 11.9 Å². The standard InChI is InChI=1S/C22H24ClNO7S/c1-4-7-17(25)24-21-19(22(28)30-6-3)20(27)16(32-21)11-13-8-9-15(14(23)10-13)31-12-18(26)29-5-2/h8-11,27H,4-7,12H2,1-3H3/b16-11-,24-21?. The summed E-state index contributed by atoms with van der Waals surface area (Å²) < 4.78 is 15.1. The molecule has 1 N–H and O–H groups in total. The SMILES string of the molecule is CCCC(=O)N=C1S/C(=C\c2ccc(OCC(=O)OCC)c(Cl)c2)C(O)=C1C(=O)OCC. The van der Waals surface area contributed by atoms with Gasteiger partial charge in [-0.1, -0.05) is 36.4 Å². The number of esters is 2. The van der Waals surface area contributed by atoms with E-state index in [4.69, 9.17) is 25.8 Å². The highest BCUT2D eigenvalue weighted by atomic mass is 35.5. The molecule has 0 aromatic heterocycles. The van der Waals surface area contributed by atoms with Gasteiger partial charge in [0.15, 0.2) is 6.61 Å². The molecule has 0 bridgehead atoms. The number of nitrogens with zero attached hydrogens (tertiary/aromatic N) is 1. The van der Waals surface area contributed by atoms with Crippen molar-refractivity contribution in [1.82, 2.24) is 0 Å². The molecule has 0 spiro atoms. The Labute approximate surface area is 195 Å². The summed E-state index contributed by atoms with van der Waals surface area (Å²) >= 11 is 7.22. The molecule has 10 heteroatoms. The van der Waals surface area contributed by atoms with Gasteiger partial charge in [0.1, 0.15) is 22.1 Å². The van der Waals surface area contributed by atoms with Crippen molar-refractivity contribution in [1.29, 1.82) is 0 Å². The number of halogens is 1. The molecule has 0 radical (unpaired) electrons. The summed E-state index contributed by atoms with van der Waals surface area (Å²) in [7, 11) is 0. The summed E-state index contributed by atoms with van der Waals surface area (Å²) in [6.07, 6.45) is 2.42. The first-order valence-corrected chi connectivity index (χ1v) is 11.2. The third-order valence-corrected chi connectivity index (χ3v) is 5.28. The largest absolute Gasteiger partial charge is 0.506 e. The number of aliphatic hydroxyl groups is 1. The van der Waals surface area contributed by atoms with Crippen LogP contribution in [0, 0.1) is 0 Å². The molecule has 0 atom stereocenters. The Morgan fingerprint density at radius 1 is 1.16 bits per heavy atom. The number of rotatable bonds is 9. The molecule has 1 aromatic carbocycles. The van der Waals surface area contributed by atoms with Crippen LogP contribution in [0.2, 0.25) is 5.02 Å². The van der Waals surface area contributed by atoms with Gasteiger partial charge in [-0.15, -0.1) is 0 Å². The van der Waals surface area contributed by atoms with E-state index in [0.717, 1.165) is 11.8 Å². The van der Waals surface area contributed by atoms with Crippen molar-refractivity contribution in [2.24, 2.45) is 4.99 Å². The van der Waals surface area contributed by atoms with Crippen molar-refractivity contribution in [3.05, 3.63) is 45.0 Å². The molecule has 8 nitrogen and oxygen atoms in total. The van der Waals surface area contributed by atoms with Crippen molar-refractivity contribution in [2.75, 3.05) is 19.8 Å². The van der Waals surface area contributed by atoms with Crippen molar-refractivity contribution >= 4 is 52.3 Å². The van der Waals surface area contributed by atoms with Crippen molar-refractivity contribution in [3.8, 4) is 5.75 Å². The third-order valence-electron chi connectivity index (χ3n) is 3.96. The van der Waals surface area contributed by atoms with Gasteiger partial charge in [0.05, 0.1) is 23.1 Å². The maximum Gasteiger partial charge on any atom is 0.344 e. The zero-order valence-corrected chi connectivity index (χ0v) is 19.5. The minimum absolute atomic E-state index is 0.0890. The minimum atomic E-state index is -0.760. The molecule has 0 saturated heterocycles. The highest BCUT2D eigenvalue weighted by Gasteiger charge is 2.33. The predicted molar refractivity (Wildman–Crippen MR) is 123 cm³/mol. The quantitative estimate of drug-likeness (QED) is 0.514. The normalized spacial score (nSPS) is 15.9. The van der Waals surface area contributed by atoms with Gasteiger partial charge in [0.2, 0.25) is 5.91 Å². The molecule has 1 aliphatic heterocycles. The van der Waals surface area contributed by atoms with Crippen LogP contribution in [0.25, 0.3) is 6.08 Å². The maximum absolute atomic E-state index is 12.3. The van der Waals surface area contributed by atoms with E-state index in [2.05, 4.69) is 4.99 Å². The smallest absolute Gasteiger partial charge is 0.344 e. The molecule has 32 heavy (non-hydrogen) atoms. The molecule has 172 valence electrons. The van der Waals surface area contributed by atoms with Gasteiger partial charge in [-0.05, 0) is 44.0 Å². The van der Waals surface area contributed by atoms with Crippen LogP contribution in [0.3, 0.4) is 0 Å². The summed E-state index contributed by atoms with van der Waals surface area (Å²) in [5.41, 5.74) is 0.449. The molecule has 1 heterocycles. The van der Waals surface area contributed by atoms with Gasteiger partial charge in [-0.2, -0.15) is 0 Å². The second kappa shape index (κ2) is 12.3. The van der Waals surface area contributed by atoms with Crippen LogP contribution in [0.5, 0.6) is 5.75 Å². The molecule has 0 saturated carbocycles. The Morgan fingerprint density at radius 2 is 1.88 bits per heavy atom. The molecule has 0 unspecified atom stereocenters. The summed E-state index contributed by atoms with van der Waals surface area (Å²) in [6, 6.07) is 4.80. The van der Waals surface area contributed by atoms with E-state index >= 15 is 0 Å². The fourth-order valence-corrected chi connectivity index (χ4v) is 3.86. The number of ether oxygens (including phenoxy) is 3. The molecule has 1 aliphatic rings. The zero-order chi connectivity index (χ0) is 23.7. The number of hydrogen-bond acceptors (Lipinski definition) is 8. The highest BCUT2D eigenvalue weighted by Crippen LogP contribution is 2.39. The van der Waals surface area contributed by atoms with Crippen LogP contribution in [0.4, 0.5) is 0 Å². The lowest BCUT2D eigenvalue weighted by molar-refractivity contribution is -0.145. The van der Waals surface area contributed by atoms with Crippen LogP contribution >= 0.6 is 23.4 Å². The van der Waals surface area contributed by atoms with E-state index in [1.165, 1.54) is 0 Å². The van der Waals surface area contributed by atoms with E-state index in [-0.39, 0.29) is 47.6 Å². The fraction of sp³-hybridized carbons (Fsp3) is 0.364. The van der Waals surface area contributed by atoms with Crippen LogP contribution in [-0.2, 0) is 23.9 Å². The van der Waals surface area contributed by atoms with E-state index in [1.807, 2.05) is 6.92 Å².